The van der Waals surface area contributed by atoms with Crippen LogP contribution in [-0.4, -0.2) is 35.9 Å². The molecule has 0 spiro atoms. The minimum Gasteiger partial charge on any atom is -0.491 e. The van der Waals surface area contributed by atoms with Crippen molar-refractivity contribution in [1.82, 2.24) is 19.7 Å². The first-order valence-electron chi connectivity index (χ1n) is 11.1. The van der Waals surface area contributed by atoms with Crippen LogP contribution >= 0.6 is 15.9 Å². The Hall–Kier alpha value is -3.26. The van der Waals surface area contributed by atoms with E-state index in [1.165, 1.54) is 19.3 Å². The Bertz CT molecular complexity index is 1330. The molecule has 0 saturated heterocycles. The Kier molecular flexibility index (Phi) is 5.85. The average molecular weight is 507 g/mol. The van der Waals surface area contributed by atoms with E-state index in [9.17, 15) is 15.0 Å². The maximum Gasteiger partial charge on any atom is 0.336 e. The number of aromatic hydroxyl groups is 1. The Balaban J connectivity index is 1.54. The van der Waals surface area contributed by atoms with Gasteiger partial charge < -0.3 is 14.8 Å². The van der Waals surface area contributed by atoms with Crippen molar-refractivity contribution in [2.75, 3.05) is 0 Å². The lowest BCUT2D eigenvalue weighted by molar-refractivity contribution is 0.0697. The third-order valence-electron chi connectivity index (χ3n) is 6.37. The summed E-state index contributed by atoms with van der Waals surface area (Å²) >= 11 is 3.43. The smallest absolute Gasteiger partial charge is 0.336 e. The molecule has 1 aliphatic carbocycles. The molecule has 7 nitrogen and oxygen atoms in total. The van der Waals surface area contributed by atoms with Crippen molar-refractivity contribution in [1.29, 1.82) is 0 Å². The largest absolute Gasteiger partial charge is 0.491 e. The van der Waals surface area contributed by atoms with Crippen LogP contribution in [0.5, 0.6) is 5.88 Å². The summed E-state index contributed by atoms with van der Waals surface area (Å²) in [6, 6.07) is 14.9. The highest BCUT2D eigenvalue weighted by Crippen LogP contribution is 2.37. The summed E-state index contributed by atoms with van der Waals surface area (Å²) in [6.07, 6.45) is 5.75. The fourth-order valence-corrected chi connectivity index (χ4v) is 5.11. The van der Waals surface area contributed by atoms with Gasteiger partial charge in [-0.05, 0) is 51.5 Å². The predicted octanol–water partition coefficient (Wildman–Crippen LogP) is 5.76. The summed E-state index contributed by atoms with van der Waals surface area (Å²) in [5, 5.41) is 27.9. The molecule has 1 aliphatic rings. The van der Waals surface area contributed by atoms with Crippen molar-refractivity contribution in [2.24, 2.45) is 0 Å². The molecule has 0 amide bonds. The molecule has 8 heteroatoms. The molecule has 2 N–H and O–H groups in total. The third kappa shape index (κ3) is 4.11. The van der Waals surface area contributed by atoms with Gasteiger partial charge in [0.2, 0.25) is 0 Å². The number of benzene rings is 2. The normalized spacial score (nSPS) is 14.6. The van der Waals surface area contributed by atoms with E-state index in [1.54, 1.807) is 12.1 Å². The molecule has 0 atom stereocenters. The standard InChI is InChI=1S/C25H23BrN4O3/c26-22-20-21(24(31)29-28-22)30(23(27-20)17-6-2-1-3-7-17)14-15-10-12-16(13-11-15)18-8-4-5-9-19(18)25(32)33/h4-5,8-13,17H,1-3,6-7,14H2,(H,29,31)(H,32,33). The molecule has 168 valence electrons. The van der Waals surface area contributed by atoms with Crippen LogP contribution in [-0.2, 0) is 6.54 Å². The fourth-order valence-electron chi connectivity index (χ4n) is 4.75. The lowest BCUT2D eigenvalue weighted by atomic mass is 9.88. The van der Waals surface area contributed by atoms with Gasteiger partial charge in [0, 0.05) is 12.5 Å². The highest BCUT2D eigenvalue weighted by molar-refractivity contribution is 9.10. The third-order valence-corrected chi connectivity index (χ3v) is 6.90. The first kappa shape index (κ1) is 21.6. The highest BCUT2D eigenvalue weighted by Gasteiger charge is 2.26. The Morgan fingerprint density at radius 1 is 1.03 bits per heavy atom. The van der Waals surface area contributed by atoms with E-state index >= 15 is 0 Å². The number of carboxylic acid groups (broad SMARTS) is 1. The summed E-state index contributed by atoms with van der Waals surface area (Å²) in [4.78, 5) is 16.5. The van der Waals surface area contributed by atoms with Crippen LogP contribution in [0.3, 0.4) is 0 Å². The van der Waals surface area contributed by atoms with Crippen LogP contribution in [0, 0.1) is 0 Å². The van der Waals surface area contributed by atoms with E-state index in [4.69, 9.17) is 4.98 Å². The lowest BCUT2D eigenvalue weighted by Crippen LogP contribution is -2.13. The Labute approximate surface area is 199 Å². The zero-order chi connectivity index (χ0) is 22.9. The average Bonchev–Trinajstić information content (AvgIpc) is 3.23. The van der Waals surface area contributed by atoms with Crippen molar-refractivity contribution in [3.8, 4) is 17.0 Å². The van der Waals surface area contributed by atoms with E-state index in [-0.39, 0.29) is 11.4 Å². The van der Waals surface area contributed by atoms with E-state index in [1.807, 2.05) is 36.4 Å². The van der Waals surface area contributed by atoms with Crippen LogP contribution in [0.1, 0.15) is 59.8 Å². The van der Waals surface area contributed by atoms with Crippen LogP contribution in [0.25, 0.3) is 22.2 Å². The molecule has 0 radical (unpaired) electrons. The maximum absolute atomic E-state index is 11.6. The molecule has 2 aromatic carbocycles. The number of aromatic nitrogens is 4. The van der Waals surface area contributed by atoms with Gasteiger partial charge in [0.15, 0.2) is 4.60 Å². The SMILES string of the molecule is O=C(O)c1ccccc1-c1ccc(Cn2c(C3CCCCC3)nc3c(Br)nnc(O)c32)cc1. The quantitative estimate of drug-likeness (QED) is 0.357. The van der Waals surface area contributed by atoms with Gasteiger partial charge >= 0.3 is 5.97 Å². The summed E-state index contributed by atoms with van der Waals surface area (Å²) in [6.45, 7) is 0.523. The van der Waals surface area contributed by atoms with E-state index in [2.05, 4.69) is 30.7 Å². The first-order valence-corrected chi connectivity index (χ1v) is 11.8. The number of nitrogens with zero attached hydrogens (tertiary/aromatic N) is 4. The second-order valence-electron chi connectivity index (χ2n) is 8.45. The van der Waals surface area contributed by atoms with Crippen molar-refractivity contribution >= 4 is 32.9 Å². The molecule has 0 aliphatic heterocycles. The molecular weight excluding hydrogens is 484 g/mol. The molecule has 33 heavy (non-hydrogen) atoms. The Morgan fingerprint density at radius 3 is 2.48 bits per heavy atom. The summed E-state index contributed by atoms with van der Waals surface area (Å²) in [5.74, 6) is 0.212. The van der Waals surface area contributed by atoms with Gasteiger partial charge in [-0.25, -0.2) is 9.78 Å². The number of carboxylic acids is 1. The molecule has 0 bridgehead atoms. The van der Waals surface area contributed by atoms with Crippen molar-refractivity contribution in [2.45, 2.75) is 44.6 Å². The minimum absolute atomic E-state index is 0.130. The molecule has 1 saturated carbocycles. The molecule has 0 unspecified atom stereocenters. The number of carbonyl (C=O) groups is 1. The molecular formula is C25H23BrN4O3. The number of halogens is 1. The van der Waals surface area contributed by atoms with Gasteiger partial charge in [-0.1, -0.05) is 61.7 Å². The molecule has 1 fully saturated rings. The highest BCUT2D eigenvalue weighted by atomic mass is 79.9. The topological polar surface area (TPSA) is 101 Å². The molecule has 4 aromatic rings. The van der Waals surface area contributed by atoms with Gasteiger partial charge in [-0.2, -0.15) is 0 Å². The predicted molar refractivity (Wildman–Crippen MR) is 128 cm³/mol. The van der Waals surface area contributed by atoms with Crippen LogP contribution in [0.15, 0.2) is 53.1 Å². The fraction of sp³-hybridized carbons (Fsp3) is 0.280. The molecule has 2 aromatic heterocycles. The number of aromatic carboxylic acids is 1. The maximum atomic E-state index is 11.6. The number of fused-ring (bicyclic) bond motifs is 1. The number of rotatable bonds is 5. The van der Waals surface area contributed by atoms with Crippen LogP contribution in [0.4, 0.5) is 0 Å². The Morgan fingerprint density at radius 2 is 1.76 bits per heavy atom. The van der Waals surface area contributed by atoms with Gasteiger partial charge in [-0.15, -0.1) is 10.2 Å². The van der Waals surface area contributed by atoms with Crippen LogP contribution in [0.2, 0.25) is 0 Å². The minimum atomic E-state index is -0.946. The van der Waals surface area contributed by atoms with E-state index in [0.717, 1.165) is 29.8 Å². The second kappa shape index (κ2) is 8.94. The number of imidazole rings is 1. The van der Waals surface area contributed by atoms with Gasteiger partial charge in [0.05, 0.1) is 5.56 Å². The van der Waals surface area contributed by atoms with Gasteiger partial charge in [0.25, 0.3) is 5.88 Å². The zero-order valence-electron chi connectivity index (χ0n) is 17.9. The van der Waals surface area contributed by atoms with Crippen LogP contribution < -0.4 is 0 Å². The molecule has 2 heterocycles. The van der Waals surface area contributed by atoms with Crippen molar-refractivity contribution in [3.05, 3.63) is 70.1 Å². The van der Waals surface area contributed by atoms with Crippen molar-refractivity contribution < 1.29 is 15.0 Å². The van der Waals surface area contributed by atoms with E-state index < -0.39 is 5.97 Å². The van der Waals surface area contributed by atoms with Gasteiger partial charge in [0.1, 0.15) is 16.9 Å². The summed E-state index contributed by atoms with van der Waals surface area (Å²) in [7, 11) is 0. The summed E-state index contributed by atoms with van der Waals surface area (Å²) in [5.41, 5.74) is 4.03. The lowest BCUT2D eigenvalue weighted by Gasteiger charge is -2.22. The van der Waals surface area contributed by atoms with Gasteiger partial charge in [-0.3, -0.25) is 0 Å². The van der Waals surface area contributed by atoms with Crippen molar-refractivity contribution in [3.63, 3.8) is 0 Å². The molecule has 5 rings (SSSR count). The van der Waals surface area contributed by atoms with E-state index in [0.29, 0.717) is 33.7 Å². The zero-order valence-corrected chi connectivity index (χ0v) is 19.5. The monoisotopic (exact) mass is 506 g/mol. The number of hydrogen-bond acceptors (Lipinski definition) is 5. The number of hydrogen-bond donors (Lipinski definition) is 2. The summed E-state index contributed by atoms with van der Waals surface area (Å²) < 4.78 is 2.58. The first-order chi connectivity index (χ1) is 16.0. The second-order valence-corrected chi connectivity index (χ2v) is 9.20.